The summed E-state index contributed by atoms with van der Waals surface area (Å²) in [6.07, 6.45) is 6.93. The summed E-state index contributed by atoms with van der Waals surface area (Å²) in [5.74, 6) is 2.12. The van der Waals surface area contributed by atoms with Gasteiger partial charge in [0.25, 0.3) is 0 Å². The number of hydrogen-bond acceptors (Lipinski definition) is 4. The van der Waals surface area contributed by atoms with Crippen molar-refractivity contribution >= 4 is 0 Å². The van der Waals surface area contributed by atoms with Gasteiger partial charge in [0, 0.05) is 26.1 Å². The van der Waals surface area contributed by atoms with Crippen LogP contribution < -0.4 is 0 Å². The van der Waals surface area contributed by atoms with Gasteiger partial charge in [-0.15, -0.1) is 0 Å². The van der Waals surface area contributed by atoms with Crippen molar-refractivity contribution in [2.24, 2.45) is 0 Å². The molecular weight excluding hydrogens is 276 g/mol. The standard InChI is InChI=1S/C18H30N2O2/c1-2-6-16-7-8-17(22-16)13-20-12-9-18(21,15-20)14-19-10-4-3-5-11-19/h7-8,21H,2-6,9-15H2,1H3/t18-/m0/s1. The van der Waals surface area contributed by atoms with Gasteiger partial charge >= 0.3 is 0 Å². The van der Waals surface area contributed by atoms with Gasteiger partial charge < -0.3 is 14.4 Å². The molecule has 4 nitrogen and oxygen atoms in total. The minimum atomic E-state index is -0.532. The molecule has 2 aliphatic rings. The largest absolute Gasteiger partial charge is 0.465 e. The van der Waals surface area contributed by atoms with Gasteiger partial charge in [-0.1, -0.05) is 13.3 Å². The molecule has 1 aromatic rings. The van der Waals surface area contributed by atoms with E-state index in [4.69, 9.17) is 4.42 Å². The monoisotopic (exact) mass is 306 g/mol. The second-order valence-electron chi connectivity index (χ2n) is 7.14. The lowest BCUT2D eigenvalue weighted by Gasteiger charge is -2.33. The average molecular weight is 306 g/mol. The summed E-state index contributed by atoms with van der Waals surface area (Å²) in [5, 5.41) is 10.9. The highest BCUT2D eigenvalue weighted by atomic mass is 16.3. The van der Waals surface area contributed by atoms with Crippen LogP contribution in [0.15, 0.2) is 16.5 Å². The van der Waals surface area contributed by atoms with Crippen molar-refractivity contribution in [1.82, 2.24) is 9.80 Å². The van der Waals surface area contributed by atoms with Crippen LogP contribution in [0.1, 0.15) is 50.5 Å². The Morgan fingerprint density at radius 1 is 1.09 bits per heavy atom. The van der Waals surface area contributed by atoms with Crippen LogP contribution in [0.3, 0.4) is 0 Å². The molecule has 1 N–H and O–H groups in total. The molecule has 0 spiro atoms. The zero-order chi connectivity index (χ0) is 15.4. The smallest absolute Gasteiger partial charge is 0.118 e. The summed E-state index contributed by atoms with van der Waals surface area (Å²) in [6.45, 7) is 7.88. The fourth-order valence-corrected chi connectivity index (χ4v) is 3.85. The molecule has 124 valence electrons. The van der Waals surface area contributed by atoms with Crippen molar-refractivity contribution in [3.05, 3.63) is 23.7 Å². The maximum absolute atomic E-state index is 10.9. The molecule has 0 aromatic carbocycles. The van der Waals surface area contributed by atoms with E-state index in [1.54, 1.807) is 0 Å². The normalized spacial score (nSPS) is 27.5. The summed E-state index contributed by atoms with van der Waals surface area (Å²) >= 11 is 0. The van der Waals surface area contributed by atoms with E-state index in [9.17, 15) is 5.11 Å². The highest BCUT2D eigenvalue weighted by Crippen LogP contribution is 2.26. The first-order valence-electron chi connectivity index (χ1n) is 8.91. The minimum Gasteiger partial charge on any atom is -0.465 e. The molecule has 3 heterocycles. The molecule has 4 heteroatoms. The Kier molecular flexibility index (Phi) is 5.21. The molecule has 0 aliphatic carbocycles. The van der Waals surface area contributed by atoms with Crippen molar-refractivity contribution in [2.45, 2.75) is 57.6 Å². The Hall–Kier alpha value is -0.840. The second-order valence-corrected chi connectivity index (χ2v) is 7.14. The Bertz CT molecular complexity index is 467. The van der Waals surface area contributed by atoms with Crippen molar-refractivity contribution < 1.29 is 9.52 Å². The second kappa shape index (κ2) is 7.16. The van der Waals surface area contributed by atoms with Crippen LogP contribution in [-0.2, 0) is 13.0 Å². The molecule has 2 aliphatic heterocycles. The molecule has 2 saturated heterocycles. The fourth-order valence-electron chi connectivity index (χ4n) is 3.85. The maximum atomic E-state index is 10.9. The SMILES string of the molecule is CCCc1ccc(CN2CC[C@](O)(CN3CCCCC3)C2)o1. The van der Waals surface area contributed by atoms with Crippen molar-refractivity contribution in [3.63, 3.8) is 0 Å². The Morgan fingerprint density at radius 3 is 2.64 bits per heavy atom. The third-order valence-corrected chi connectivity index (χ3v) is 4.97. The van der Waals surface area contributed by atoms with E-state index in [0.717, 1.165) is 70.1 Å². The Balaban J connectivity index is 1.50. The molecule has 0 unspecified atom stereocenters. The number of furan rings is 1. The third-order valence-electron chi connectivity index (χ3n) is 4.97. The number of β-amino-alcohol motifs (C(OH)–C–C–N with tert-alkyl or cyclic N) is 1. The number of rotatable bonds is 6. The predicted molar refractivity (Wildman–Crippen MR) is 87.8 cm³/mol. The van der Waals surface area contributed by atoms with Crippen molar-refractivity contribution in [2.75, 3.05) is 32.7 Å². The summed E-state index contributed by atoms with van der Waals surface area (Å²) in [4.78, 5) is 4.78. The van der Waals surface area contributed by atoms with Gasteiger partial charge in [0.15, 0.2) is 0 Å². The summed E-state index contributed by atoms with van der Waals surface area (Å²) in [6, 6.07) is 4.18. The van der Waals surface area contributed by atoms with Crippen LogP contribution in [0.5, 0.6) is 0 Å². The van der Waals surface area contributed by atoms with Crippen LogP contribution >= 0.6 is 0 Å². The van der Waals surface area contributed by atoms with Crippen LogP contribution in [0.4, 0.5) is 0 Å². The lowest BCUT2D eigenvalue weighted by atomic mass is 10.0. The van der Waals surface area contributed by atoms with E-state index in [2.05, 4.69) is 28.9 Å². The quantitative estimate of drug-likeness (QED) is 0.877. The molecule has 0 saturated carbocycles. The molecule has 2 fully saturated rings. The molecule has 0 radical (unpaired) electrons. The van der Waals surface area contributed by atoms with Gasteiger partial charge in [0.2, 0.25) is 0 Å². The first-order chi connectivity index (χ1) is 10.7. The Morgan fingerprint density at radius 2 is 1.86 bits per heavy atom. The molecule has 1 atom stereocenters. The van der Waals surface area contributed by atoms with E-state index < -0.39 is 5.60 Å². The van der Waals surface area contributed by atoms with Crippen LogP contribution in [0.25, 0.3) is 0 Å². The molecule has 1 aromatic heterocycles. The van der Waals surface area contributed by atoms with Crippen molar-refractivity contribution in [3.8, 4) is 0 Å². The van der Waals surface area contributed by atoms with E-state index in [1.165, 1.54) is 19.3 Å². The fraction of sp³-hybridized carbons (Fsp3) is 0.778. The van der Waals surface area contributed by atoms with Crippen LogP contribution in [0, 0.1) is 0 Å². The lowest BCUT2D eigenvalue weighted by molar-refractivity contribution is 0.00594. The van der Waals surface area contributed by atoms with Crippen molar-refractivity contribution in [1.29, 1.82) is 0 Å². The average Bonchev–Trinajstić information content (AvgIpc) is 3.08. The zero-order valence-electron chi connectivity index (χ0n) is 13.9. The van der Waals surface area contributed by atoms with E-state index >= 15 is 0 Å². The van der Waals surface area contributed by atoms with E-state index in [1.807, 2.05) is 0 Å². The maximum Gasteiger partial charge on any atom is 0.118 e. The topological polar surface area (TPSA) is 39.9 Å². The van der Waals surface area contributed by atoms with Gasteiger partial charge in [0.05, 0.1) is 12.1 Å². The molecule has 0 amide bonds. The van der Waals surface area contributed by atoms with Crippen LogP contribution in [-0.4, -0.2) is 53.2 Å². The molecule has 0 bridgehead atoms. The molecule has 22 heavy (non-hydrogen) atoms. The highest BCUT2D eigenvalue weighted by molar-refractivity contribution is 5.08. The van der Waals surface area contributed by atoms with Crippen LogP contribution in [0.2, 0.25) is 0 Å². The number of likely N-dealkylation sites (tertiary alicyclic amines) is 2. The number of aryl methyl sites for hydroxylation is 1. The number of piperidine rings is 1. The number of aliphatic hydroxyl groups is 1. The zero-order valence-corrected chi connectivity index (χ0v) is 13.9. The molecular formula is C18H30N2O2. The van der Waals surface area contributed by atoms with Gasteiger partial charge in [-0.05, 0) is 50.9 Å². The van der Waals surface area contributed by atoms with Gasteiger partial charge in [-0.25, -0.2) is 0 Å². The van der Waals surface area contributed by atoms with E-state index in [-0.39, 0.29) is 0 Å². The highest BCUT2D eigenvalue weighted by Gasteiger charge is 2.37. The number of nitrogens with zero attached hydrogens (tertiary/aromatic N) is 2. The summed E-state index contributed by atoms with van der Waals surface area (Å²) in [5.41, 5.74) is -0.532. The lowest BCUT2D eigenvalue weighted by Crippen LogP contribution is -2.46. The summed E-state index contributed by atoms with van der Waals surface area (Å²) < 4.78 is 5.87. The van der Waals surface area contributed by atoms with Gasteiger partial charge in [-0.3, -0.25) is 4.90 Å². The third kappa shape index (κ3) is 4.12. The Labute approximate surface area is 134 Å². The summed E-state index contributed by atoms with van der Waals surface area (Å²) in [7, 11) is 0. The number of hydrogen-bond donors (Lipinski definition) is 1. The predicted octanol–water partition coefficient (Wildman–Crippen LogP) is 2.65. The molecule has 3 rings (SSSR count). The van der Waals surface area contributed by atoms with Gasteiger partial charge in [0.1, 0.15) is 11.5 Å². The first-order valence-corrected chi connectivity index (χ1v) is 8.91. The minimum absolute atomic E-state index is 0.532. The first kappa shape index (κ1) is 16.0. The van der Waals surface area contributed by atoms with E-state index in [0.29, 0.717) is 0 Å². The van der Waals surface area contributed by atoms with Gasteiger partial charge in [-0.2, -0.15) is 0 Å².